The normalized spacial score (nSPS) is 16.7. The Morgan fingerprint density at radius 2 is 2.05 bits per heavy atom. The second-order valence-electron chi connectivity index (χ2n) is 5.15. The maximum atomic E-state index is 12.1. The number of carbonyl (C=O) groups excluding carboxylic acids is 1. The molecule has 0 spiro atoms. The molecule has 0 amide bonds. The zero-order chi connectivity index (χ0) is 14.0. The second-order valence-corrected chi connectivity index (χ2v) is 5.15. The highest BCUT2D eigenvalue weighted by Crippen LogP contribution is 2.41. The van der Waals surface area contributed by atoms with Crippen LogP contribution in [-0.2, 0) is 11.2 Å². The molecule has 0 aliphatic heterocycles. The number of benzene rings is 1. The van der Waals surface area contributed by atoms with Gasteiger partial charge >= 0.3 is 0 Å². The Morgan fingerprint density at radius 1 is 1.42 bits per heavy atom. The number of carbonyl (C=O) groups is 1. The van der Waals surface area contributed by atoms with Crippen LogP contribution >= 0.6 is 0 Å². The summed E-state index contributed by atoms with van der Waals surface area (Å²) in [7, 11) is 1.83. The van der Waals surface area contributed by atoms with Crippen LogP contribution in [0.5, 0.6) is 0 Å². The summed E-state index contributed by atoms with van der Waals surface area (Å²) in [5.74, 6) is 2.79. The molecule has 0 fully saturated rings. The third kappa shape index (κ3) is 2.47. The average molecular weight is 253 g/mol. The molecule has 0 bridgehead atoms. The maximum absolute atomic E-state index is 12.1. The van der Waals surface area contributed by atoms with Gasteiger partial charge in [0.05, 0.1) is 0 Å². The molecule has 1 atom stereocenters. The van der Waals surface area contributed by atoms with Gasteiger partial charge < -0.3 is 5.32 Å². The molecule has 19 heavy (non-hydrogen) atoms. The number of hydrogen-bond acceptors (Lipinski definition) is 2. The minimum Gasteiger partial charge on any atom is -0.304 e. The summed E-state index contributed by atoms with van der Waals surface area (Å²) in [6.45, 7) is 3.68. The van der Waals surface area contributed by atoms with Crippen LogP contribution in [0.1, 0.15) is 24.5 Å². The second kappa shape index (κ2) is 5.03. The first-order valence-corrected chi connectivity index (χ1v) is 6.48. The van der Waals surface area contributed by atoms with E-state index >= 15 is 0 Å². The minimum atomic E-state index is -0.628. The lowest BCUT2D eigenvalue weighted by molar-refractivity contribution is -0.121. The van der Waals surface area contributed by atoms with Gasteiger partial charge in [-0.2, -0.15) is 0 Å². The molecular weight excluding hydrogens is 234 g/mol. The number of allylic oxidation sites excluding steroid dienone is 1. The van der Waals surface area contributed by atoms with Crippen molar-refractivity contribution in [3.05, 3.63) is 46.5 Å². The standard InChI is InChI=1S/C17H19NO/c1-5-15-10-16(15)17(18-4,13(3)19)11-14-8-6-12(2)7-9-14/h1,6-9,18H,10-11H2,2-4H3. The molecule has 1 unspecified atom stereocenters. The third-order valence-corrected chi connectivity index (χ3v) is 3.90. The highest BCUT2D eigenvalue weighted by Gasteiger charge is 2.44. The fourth-order valence-electron chi connectivity index (χ4n) is 2.55. The Balaban J connectivity index is 2.35. The van der Waals surface area contributed by atoms with Gasteiger partial charge in [0.1, 0.15) is 5.54 Å². The summed E-state index contributed by atoms with van der Waals surface area (Å²) in [5.41, 5.74) is 3.78. The first kappa shape index (κ1) is 13.6. The Labute approximate surface area is 114 Å². The van der Waals surface area contributed by atoms with Gasteiger partial charge in [-0.1, -0.05) is 35.7 Å². The van der Waals surface area contributed by atoms with Crippen molar-refractivity contribution in [2.45, 2.75) is 32.2 Å². The molecule has 0 aromatic heterocycles. The van der Waals surface area contributed by atoms with Crippen LogP contribution in [0, 0.1) is 19.3 Å². The molecule has 2 nitrogen and oxygen atoms in total. The van der Waals surface area contributed by atoms with Crippen LogP contribution in [0.3, 0.4) is 0 Å². The van der Waals surface area contributed by atoms with Crippen molar-refractivity contribution < 1.29 is 4.79 Å². The fourth-order valence-corrected chi connectivity index (χ4v) is 2.55. The van der Waals surface area contributed by atoms with Crippen LogP contribution in [-0.4, -0.2) is 18.4 Å². The summed E-state index contributed by atoms with van der Waals surface area (Å²) in [6.07, 6.45) is 6.87. The Kier molecular flexibility index (Phi) is 3.59. The molecule has 0 saturated carbocycles. The first-order valence-electron chi connectivity index (χ1n) is 6.48. The number of aryl methyl sites for hydroxylation is 1. The molecule has 1 aliphatic carbocycles. The molecule has 98 valence electrons. The van der Waals surface area contributed by atoms with Crippen molar-refractivity contribution in [3.8, 4) is 12.3 Å². The Hall–Kier alpha value is -1.85. The zero-order valence-electron chi connectivity index (χ0n) is 11.7. The largest absolute Gasteiger partial charge is 0.304 e. The van der Waals surface area contributed by atoms with Crippen LogP contribution in [0.2, 0.25) is 0 Å². The van der Waals surface area contributed by atoms with Crippen molar-refractivity contribution in [1.29, 1.82) is 0 Å². The highest BCUT2D eigenvalue weighted by atomic mass is 16.1. The predicted molar refractivity (Wildman–Crippen MR) is 77.8 cm³/mol. The molecule has 1 aromatic carbocycles. The van der Waals surface area contributed by atoms with Gasteiger partial charge in [-0.15, -0.1) is 6.42 Å². The molecule has 2 rings (SSSR count). The number of rotatable bonds is 5. The molecule has 2 heteroatoms. The van der Waals surface area contributed by atoms with Gasteiger partial charge in [-0.3, -0.25) is 4.79 Å². The van der Waals surface area contributed by atoms with Gasteiger partial charge in [0.25, 0.3) is 0 Å². The van der Waals surface area contributed by atoms with E-state index in [0.717, 1.165) is 23.1 Å². The third-order valence-electron chi connectivity index (χ3n) is 3.90. The minimum absolute atomic E-state index is 0.121. The lowest BCUT2D eigenvalue weighted by Crippen LogP contribution is -2.50. The molecule has 1 aliphatic rings. The fraction of sp³-hybridized carbons (Fsp3) is 0.353. The number of likely N-dealkylation sites (N-methyl/N-ethyl adjacent to an activating group) is 1. The number of terminal acetylenes is 1. The summed E-state index contributed by atoms with van der Waals surface area (Å²) in [6, 6.07) is 8.28. The quantitative estimate of drug-likeness (QED) is 0.817. The average Bonchev–Trinajstić information content (AvgIpc) is 3.18. The van der Waals surface area contributed by atoms with Crippen LogP contribution < -0.4 is 5.32 Å². The summed E-state index contributed by atoms with van der Waals surface area (Å²) < 4.78 is 0. The van der Waals surface area contributed by atoms with Gasteiger partial charge in [0.15, 0.2) is 5.78 Å². The number of ketones is 1. The molecule has 0 heterocycles. The molecule has 0 radical (unpaired) electrons. The van der Waals surface area contributed by atoms with E-state index in [4.69, 9.17) is 6.42 Å². The molecule has 0 saturated heterocycles. The maximum Gasteiger partial charge on any atom is 0.154 e. The molecule has 1 aromatic rings. The zero-order valence-corrected chi connectivity index (χ0v) is 11.7. The predicted octanol–water partition coefficient (Wildman–Crippen LogP) is 2.42. The highest BCUT2D eigenvalue weighted by molar-refractivity contribution is 5.92. The van der Waals surface area contributed by atoms with Crippen molar-refractivity contribution in [1.82, 2.24) is 5.32 Å². The number of hydrogen-bond donors (Lipinski definition) is 1. The topological polar surface area (TPSA) is 29.1 Å². The van der Waals surface area contributed by atoms with E-state index in [9.17, 15) is 4.79 Å². The lowest BCUT2D eigenvalue weighted by Gasteiger charge is -2.29. The van der Waals surface area contributed by atoms with Crippen molar-refractivity contribution in [3.63, 3.8) is 0 Å². The Bertz CT molecular complexity index is 574. The van der Waals surface area contributed by atoms with E-state index in [2.05, 4.69) is 42.4 Å². The van der Waals surface area contributed by atoms with E-state index in [1.165, 1.54) is 5.56 Å². The van der Waals surface area contributed by atoms with E-state index in [1.807, 2.05) is 7.05 Å². The summed E-state index contributed by atoms with van der Waals surface area (Å²) in [4.78, 5) is 12.1. The SMILES string of the molecule is C#CC1=C(C(Cc2ccc(C)cc2)(NC)C(C)=O)C1. The van der Waals surface area contributed by atoms with Gasteiger partial charge in [-0.25, -0.2) is 0 Å². The number of Topliss-reactive ketones (excluding diaryl/α,β-unsaturated/α-hetero) is 1. The Morgan fingerprint density at radius 3 is 2.47 bits per heavy atom. The van der Waals surface area contributed by atoms with Crippen LogP contribution in [0.25, 0.3) is 0 Å². The van der Waals surface area contributed by atoms with E-state index < -0.39 is 5.54 Å². The monoisotopic (exact) mass is 253 g/mol. The molecular formula is C17H19NO. The van der Waals surface area contributed by atoms with E-state index in [0.29, 0.717) is 6.42 Å². The molecule has 1 N–H and O–H groups in total. The van der Waals surface area contributed by atoms with Gasteiger partial charge in [-0.05, 0) is 32.0 Å². The van der Waals surface area contributed by atoms with Crippen molar-refractivity contribution >= 4 is 5.78 Å². The van der Waals surface area contributed by atoms with Crippen LogP contribution in [0.15, 0.2) is 35.4 Å². The summed E-state index contributed by atoms with van der Waals surface area (Å²) in [5, 5.41) is 3.20. The summed E-state index contributed by atoms with van der Waals surface area (Å²) >= 11 is 0. The van der Waals surface area contributed by atoms with E-state index in [1.54, 1.807) is 6.92 Å². The smallest absolute Gasteiger partial charge is 0.154 e. The number of nitrogens with one attached hydrogen (secondary N) is 1. The van der Waals surface area contributed by atoms with Gasteiger partial charge in [0.2, 0.25) is 0 Å². The first-order chi connectivity index (χ1) is 9.03. The van der Waals surface area contributed by atoms with Crippen molar-refractivity contribution in [2.75, 3.05) is 7.05 Å². The van der Waals surface area contributed by atoms with Gasteiger partial charge in [0, 0.05) is 18.4 Å². The van der Waals surface area contributed by atoms with Crippen molar-refractivity contribution in [2.24, 2.45) is 0 Å². The van der Waals surface area contributed by atoms with E-state index in [-0.39, 0.29) is 5.78 Å². The lowest BCUT2D eigenvalue weighted by atomic mass is 9.84. The van der Waals surface area contributed by atoms with Crippen LogP contribution in [0.4, 0.5) is 0 Å².